The molecule has 86 valence electrons. The van der Waals surface area contributed by atoms with Crippen LogP contribution in [0.2, 0.25) is 0 Å². The van der Waals surface area contributed by atoms with Crippen molar-refractivity contribution in [3.63, 3.8) is 0 Å². The molecule has 1 aromatic heterocycles. The molecule has 1 heterocycles. The Labute approximate surface area is 93.5 Å². The zero-order valence-electron chi connectivity index (χ0n) is 9.05. The van der Waals surface area contributed by atoms with Crippen LogP contribution < -0.4 is 0 Å². The summed E-state index contributed by atoms with van der Waals surface area (Å²) in [5.74, 6) is -0.861. The lowest BCUT2D eigenvalue weighted by Crippen LogP contribution is -2.30. The van der Waals surface area contributed by atoms with E-state index in [2.05, 4.69) is 16.0 Å². The van der Waals surface area contributed by atoms with Gasteiger partial charge in [0, 0.05) is 6.54 Å². The van der Waals surface area contributed by atoms with Gasteiger partial charge in [0.25, 0.3) is 0 Å². The second-order valence-electron chi connectivity index (χ2n) is 3.31. The Hall–Kier alpha value is -1.87. The molecule has 0 aliphatic rings. The van der Waals surface area contributed by atoms with Gasteiger partial charge >= 0.3 is 5.97 Å². The Kier molecular flexibility index (Phi) is 4.48. The highest BCUT2D eigenvalue weighted by atomic mass is 16.4. The van der Waals surface area contributed by atoms with Crippen molar-refractivity contribution in [2.45, 2.75) is 19.4 Å². The third-order valence-electron chi connectivity index (χ3n) is 2.32. The normalized spacial score (nSPS) is 12.3. The molecule has 0 saturated heterocycles. The monoisotopic (exact) mass is 222 g/mol. The number of aromatic amines is 1. The van der Waals surface area contributed by atoms with Crippen LogP contribution in [0.1, 0.15) is 25.1 Å². The first-order valence-electron chi connectivity index (χ1n) is 5.02. The number of nitrogens with zero attached hydrogens (tertiary/aromatic N) is 3. The number of H-pyrrole nitrogens is 1. The van der Waals surface area contributed by atoms with Crippen LogP contribution in [0.5, 0.6) is 0 Å². The van der Waals surface area contributed by atoms with E-state index < -0.39 is 12.0 Å². The van der Waals surface area contributed by atoms with Crippen molar-refractivity contribution in [2.75, 3.05) is 13.1 Å². The van der Waals surface area contributed by atoms with Gasteiger partial charge in [-0.3, -0.25) is 9.69 Å². The maximum absolute atomic E-state index is 10.5. The molecule has 0 radical (unpaired) electrons. The van der Waals surface area contributed by atoms with E-state index in [1.54, 1.807) is 11.1 Å². The molecule has 0 aromatic carbocycles. The van der Waals surface area contributed by atoms with Crippen LogP contribution in [0.3, 0.4) is 0 Å². The SMILES string of the molecule is CCN(CCC(=O)O)C(C#N)c1cnc[nH]1. The molecule has 1 atom stereocenters. The van der Waals surface area contributed by atoms with Crippen LogP contribution in [-0.2, 0) is 4.79 Å². The topological polar surface area (TPSA) is 93.0 Å². The number of carbonyl (C=O) groups is 1. The predicted molar refractivity (Wildman–Crippen MR) is 56.4 cm³/mol. The van der Waals surface area contributed by atoms with Gasteiger partial charge in [-0.2, -0.15) is 5.26 Å². The number of carboxylic acid groups (broad SMARTS) is 1. The van der Waals surface area contributed by atoms with Crippen LogP contribution in [0, 0.1) is 11.3 Å². The van der Waals surface area contributed by atoms with Crippen LogP contribution in [0.25, 0.3) is 0 Å². The lowest BCUT2D eigenvalue weighted by atomic mass is 10.2. The molecule has 0 aliphatic heterocycles. The number of aromatic nitrogens is 2. The predicted octanol–water partition coefficient (Wildman–Crippen LogP) is 0.771. The van der Waals surface area contributed by atoms with E-state index in [4.69, 9.17) is 10.4 Å². The van der Waals surface area contributed by atoms with Crippen molar-refractivity contribution in [3.8, 4) is 6.07 Å². The molecule has 0 spiro atoms. The van der Waals surface area contributed by atoms with Crippen molar-refractivity contribution in [1.82, 2.24) is 14.9 Å². The number of carboxylic acids is 1. The first kappa shape index (κ1) is 12.2. The standard InChI is InChI=1S/C10H14N4O2/c1-2-14(4-3-10(15)16)9(5-11)8-6-12-7-13-8/h6-7,9H,2-4H2,1H3,(H,12,13)(H,15,16). The lowest BCUT2D eigenvalue weighted by molar-refractivity contribution is -0.137. The molecule has 6 heteroatoms. The van der Waals surface area contributed by atoms with Crippen LogP contribution in [-0.4, -0.2) is 39.0 Å². The third-order valence-corrected chi connectivity index (χ3v) is 2.32. The molecule has 0 amide bonds. The molecule has 0 fully saturated rings. The zero-order valence-corrected chi connectivity index (χ0v) is 9.05. The molecule has 2 N–H and O–H groups in total. The molecule has 16 heavy (non-hydrogen) atoms. The third kappa shape index (κ3) is 3.07. The highest BCUT2D eigenvalue weighted by molar-refractivity contribution is 5.66. The van der Waals surface area contributed by atoms with E-state index in [1.165, 1.54) is 6.33 Å². The van der Waals surface area contributed by atoms with Crippen molar-refractivity contribution >= 4 is 5.97 Å². The molecule has 6 nitrogen and oxygen atoms in total. The Morgan fingerprint density at radius 3 is 3.00 bits per heavy atom. The van der Waals surface area contributed by atoms with Crippen LogP contribution in [0.4, 0.5) is 0 Å². The maximum atomic E-state index is 10.5. The van der Waals surface area contributed by atoms with Gasteiger partial charge in [0.2, 0.25) is 0 Å². The van der Waals surface area contributed by atoms with Gasteiger partial charge in [-0.15, -0.1) is 0 Å². The molecular weight excluding hydrogens is 208 g/mol. The van der Waals surface area contributed by atoms with Crippen LogP contribution in [0.15, 0.2) is 12.5 Å². The number of imidazole rings is 1. The number of nitriles is 1. The van der Waals surface area contributed by atoms with E-state index in [1.807, 2.05) is 6.92 Å². The van der Waals surface area contributed by atoms with Gasteiger partial charge in [0.1, 0.15) is 6.04 Å². The molecule has 0 bridgehead atoms. The number of nitrogens with one attached hydrogen (secondary N) is 1. The fourth-order valence-corrected chi connectivity index (χ4v) is 1.47. The Bertz CT molecular complexity index is 369. The molecule has 0 aliphatic carbocycles. The highest BCUT2D eigenvalue weighted by Crippen LogP contribution is 2.17. The van der Waals surface area contributed by atoms with Gasteiger partial charge in [-0.05, 0) is 6.54 Å². The van der Waals surface area contributed by atoms with Gasteiger partial charge in [0.15, 0.2) is 0 Å². The minimum atomic E-state index is -0.861. The zero-order chi connectivity index (χ0) is 12.0. The summed E-state index contributed by atoms with van der Waals surface area (Å²) in [4.78, 5) is 19.0. The summed E-state index contributed by atoms with van der Waals surface area (Å²) >= 11 is 0. The lowest BCUT2D eigenvalue weighted by Gasteiger charge is -2.23. The molecule has 0 saturated carbocycles. The van der Waals surface area contributed by atoms with Gasteiger partial charge in [-0.25, -0.2) is 4.98 Å². The quantitative estimate of drug-likeness (QED) is 0.741. The van der Waals surface area contributed by atoms with Crippen molar-refractivity contribution in [1.29, 1.82) is 5.26 Å². The molecule has 1 unspecified atom stereocenters. The Morgan fingerprint density at radius 1 is 1.81 bits per heavy atom. The number of rotatable bonds is 6. The van der Waals surface area contributed by atoms with Gasteiger partial charge in [-0.1, -0.05) is 6.92 Å². The number of hydrogen-bond acceptors (Lipinski definition) is 4. The summed E-state index contributed by atoms with van der Waals surface area (Å²) in [6.45, 7) is 2.86. The molecular formula is C10H14N4O2. The summed E-state index contributed by atoms with van der Waals surface area (Å²) in [6, 6.07) is 1.68. The van der Waals surface area contributed by atoms with E-state index in [0.717, 1.165) is 0 Å². The van der Waals surface area contributed by atoms with E-state index in [-0.39, 0.29) is 6.42 Å². The fourth-order valence-electron chi connectivity index (χ4n) is 1.47. The molecule has 1 aromatic rings. The summed E-state index contributed by atoms with van der Waals surface area (Å²) in [6.07, 6.45) is 3.11. The number of aliphatic carboxylic acids is 1. The smallest absolute Gasteiger partial charge is 0.304 e. The summed E-state index contributed by atoms with van der Waals surface area (Å²) in [5.41, 5.74) is 0.690. The summed E-state index contributed by atoms with van der Waals surface area (Å²) in [5, 5.41) is 17.7. The van der Waals surface area contributed by atoms with Gasteiger partial charge in [0.05, 0.1) is 30.7 Å². The first-order chi connectivity index (χ1) is 7.69. The van der Waals surface area contributed by atoms with E-state index >= 15 is 0 Å². The van der Waals surface area contributed by atoms with E-state index in [9.17, 15) is 4.79 Å². The first-order valence-corrected chi connectivity index (χ1v) is 5.02. The van der Waals surface area contributed by atoms with Crippen molar-refractivity contribution in [3.05, 3.63) is 18.2 Å². The second-order valence-corrected chi connectivity index (χ2v) is 3.31. The fraction of sp³-hybridized carbons (Fsp3) is 0.500. The number of hydrogen-bond donors (Lipinski definition) is 2. The van der Waals surface area contributed by atoms with E-state index in [0.29, 0.717) is 18.8 Å². The average molecular weight is 222 g/mol. The maximum Gasteiger partial charge on any atom is 0.304 e. The highest BCUT2D eigenvalue weighted by Gasteiger charge is 2.20. The summed E-state index contributed by atoms with van der Waals surface area (Å²) in [7, 11) is 0. The minimum Gasteiger partial charge on any atom is -0.481 e. The van der Waals surface area contributed by atoms with Crippen molar-refractivity contribution in [2.24, 2.45) is 0 Å². The summed E-state index contributed by atoms with van der Waals surface area (Å²) < 4.78 is 0. The van der Waals surface area contributed by atoms with Crippen molar-refractivity contribution < 1.29 is 9.90 Å². The Balaban J connectivity index is 2.70. The second kappa shape index (κ2) is 5.88. The average Bonchev–Trinajstić information content (AvgIpc) is 2.77. The molecule has 1 rings (SSSR count). The largest absolute Gasteiger partial charge is 0.481 e. The minimum absolute atomic E-state index is 0.0279. The van der Waals surface area contributed by atoms with Crippen LogP contribution >= 0.6 is 0 Å². The Morgan fingerprint density at radius 2 is 2.56 bits per heavy atom. The van der Waals surface area contributed by atoms with Gasteiger partial charge < -0.3 is 10.1 Å².